The van der Waals surface area contributed by atoms with E-state index >= 15 is 0 Å². The zero-order valence-electron chi connectivity index (χ0n) is 8.47. The number of terminal acetylenes is 1. The fourth-order valence-corrected chi connectivity index (χ4v) is 1.86. The van der Waals surface area contributed by atoms with Gasteiger partial charge < -0.3 is 4.74 Å². The van der Waals surface area contributed by atoms with Crippen LogP contribution in [0.25, 0.3) is 0 Å². The highest BCUT2D eigenvalue weighted by atomic mass is 32.2. The van der Waals surface area contributed by atoms with Crippen LogP contribution in [-0.4, -0.2) is 17.8 Å². The number of carbonyl (C=O) groups is 1. The summed E-state index contributed by atoms with van der Waals surface area (Å²) in [5.41, 5.74) is 0. The molecule has 0 N–H and O–H groups in total. The Balaban J connectivity index is 2.42. The van der Waals surface area contributed by atoms with Crippen molar-refractivity contribution in [2.45, 2.75) is 17.9 Å². The van der Waals surface area contributed by atoms with Crippen molar-refractivity contribution in [2.24, 2.45) is 0 Å². The number of esters is 1. The molecule has 0 heterocycles. The first-order valence-corrected chi connectivity index (χ1v) is 5.52. The van der Waals surface area contributed by atoms with E-state index in [1.54, 1.807) is 11.8 Å². The van der Waals surface area contributed by atoms with Crippen LogP contribution in [-0.2, 0) is 9.53 Å². The van der Waals surface area contributed by atoms with Crippen molar-refractivity contribution in [2.75, 3.05) is 5.75 Å². The summed E-state index contributed by atoms with van der Waals surface area (Å²) in [5, 5.41) is 0. The Morgan fingerprint density at radius 2 is 2.20 bits per heavy atom. The molecule has 0 aliphatic carbocycles. The summed E-state index contributed by atoms with van der Waals surface area (Å²) in [6.45, 7) is 1.36. The SMILES string of the molecule is C#C[C@H](CSc1ccccc1)OC(C)=O. The van der Waals surface area contributed by atoms with Gasteiger partial charge in [-0.15, -0.1) is 18.2 Å². The van der Waals surface area contributed by atoms with Gasteiger partial charge in [-0.05, 0) is 12.1 Å². The first kappa shape index (κ1) is 11.7. The van der Waals surface area contributed by atoms with Gasteiger partial charge in [-0.25, -0.2) is 0 Å². The normalized spacial score (nSPS) is 11.5. The summed E-state index contributed by atoms with van der Waals surface area (Å²) in [7, 11) is 0. The highest BCUT2D eigenvalue weighted by Crippen LogP contribution is 2.18. The molecule has 2 nitrogen and oxygen atoms in total. The predicted octanol–water partition coefficient (Wildman–Crippen LogP) is 2.34. The number of hydrogen-bond acceptors (Lipinski definition) is 3. The van der Waals surface area contributed by atoms with E-state index in [1.165, 1.54) is 6.92 Å². The zero-order valence-corrected chi connectivity index (χ0v) is 9.29. The van der Waals surface area contributed by atoms with Crippen LogP contribution in [0.4, 0.5) is 0 Å². The average Bonchev–Trinajstić information content (AvgIpc) is 2.25. The van der Waals surface area contributed by atoms with E-state index < -0.39 is 6.10 Å². The van der Waals surface area contributed by atoms with Crippen LogP contribution >= 0.6 is 11.8 Å². The van der Waals surface area contributed by atoms with Gasteiger partial charge in [-0.3, -0.25) is 4.79 Å². The largest absolute Gasteiger partial charge is 0.448 e. The summed E-state index contributed by atoms with van der Waals surface area (Å²) < 4.78 is 4.93. The molecule has 0 unspecified atom stereocenters. The number of ether oxygens (including phenoxy) is 1. The minimum atomic E-state index is -0.451. The quantitative estimate of drug-likeness (QED) is 0.442. The lowest BCUT2D eigenvalue weighted by atomic mass is 10.4. The fraction of sp³-hybridized carbons (Fsp3) is 0.250. The van der Waals surface area contributed by atoms with Crippen molar-refractivity contribution >= 4 is 17.7 Å². The van der Waals surface area contributed by atoms with Crippen LogP contribution in [0.15, 0.2) is 35.2 Å². The molecular weight excluding hydrogens is 208 g/mol. The molecule has 0 fully saturated rings. The Bertz CT molecular complexity index is 354. The van der Waals surface area contributed by atoms with Gasteiger partial charge in [0, 0.05) is 17.6 Å². The van der Waals surface area contributed by atoms with Crippen molar-refractivity contribution in [3.63, 3.8) is 0 Å². The summed E-state index contributed by atoms with van der Waals surface area (Å²) in [6, 6.07) is 9.85. The van der Waals surface area contributed by atoms with E-state index in [1.807, 2.05) is 30.3 Å². The maximum atomic E-state index is 10.7. The molecule has 0 saturated heterocycles. The van der Waals surface area contributed by atoms with Crippen molar-refractivity contribution in [3.8, 4) is 12.3 Å². The van der Waals surface area contributed by atoms with E-state index in [4.69, 9.17) is 11.2 Å². The minimum Gasteiger partial charge on any atom is -0.448 e. The Labute approximate surface area is 94.0 Å². The Hall–Kier alpha value is -1.40. The maximum Gasteiger partial charge on any atom is 0.303 e. The standard InChI is InChI=1S/C12H12O2S/c1-3-11(14-10(2)13)9-15-12-7-5-4-6-8-12/h1,4-8,11H,9H2,2H3/t11-/m1/s1. The summed E-state index contributed by atoms with van der Waals surface area (Å²) >= 11 is 1.58. The van der Waals surface area contributed by atoms with Crippen molar-refractivity contribution in [1.82, 2.24) is 0 Å². The van der Waals surface area contributed by atoms with Gasteiger partial charge in [-0.1, -0.05) is 24.1 Å². The topological polar surface area (TPSA) is 26.3 Å². The second kappa shape index (κ2) is 6.15. The second-order valence-electron chi connectivity index (χ2n) is 2.89. The van der Waals surface area contributed by atoms with Crippen LogP contribution in [0.2, 0.25) is 0 Å². The monoisotopic (exact) mass is 220 g/mol. The molecule has 15 heavy (non-hydrogen) atoms. The Morgan fingerprint density at radius 1 is 1.53 bits per heavy atom. The third-order valence-electron chi connectivity index (χ3n) is 1.64. The van der Waals surface area contributed by atoms with Crippen LogP contribution in [0.5, 0.6) is 0 Å². The summed E-state index contributed by atoms with van der Waals surface area (Å²) in [5.74, 6) is 2.68. The highest BCUT2D eigenvalue weighted by molar-refractivity contribution is 7.99. The molecule has 1 aromatic carbocycles. The molecule has 0 saturated carbocycles. The molecule has 1 aromatic rings. The number of thioether (sulfide) groups is 1. The van der Waals surface area contributed by atoms with E-state index in [-0.39, 0.29) is 5.97 Å². The zero-order chi connectivity index (χ0) is 11.1. The van der Waals surface area contributed by atoms with Crippen molar-refractivity contribution in [3.05, 3.63) is 30.3 Å². The molecular formula is C12H12O2S. The molecule has 0 aromatic heterocycles. The summed E-state index contributed by atoms with van der Waals surface area (Å²) in [4.78, 5) is 11.8. The number of rotatable bonds is 4. The molecule has 0 aliphatic rings. The first-order valence-electron chi connectivity index (χ1n) is 4.53. The van der Waals surface area contributed by atoms with E-state index in [0.29, 0.717) is 5.75 Å². The minimum absolute atomic E-state index is 0.341. The molecule has 0 amide bonds. The van der Waals surface area contributed by atoms with Crippen LogP contribution in [0, 0.1) is 12.3 Å². The second-order valence-corrected chi connectivity index (χ2v) is 3.98. The predicted molar refractivity (Wildman–Crippen MR) is 61.6 cm³/mol. The van der Waals surface area contributed by atoms with Crippen molar-refractivity contribution in [1.29, 1.82) is 0 Å². The molecule has 1 rings (SSSR count). The van der Waals surface area contributed by atoms with Crippen LogP contribution in [0.3, 0.4) is 0 Å². The fourth-order valence-electron chi connectivity index (χ4n) is 1.01. The lowest BCUT2D eigenvalue weighted by Gasteiger charge is -2.09. The first-order chi connectivity index (χ1) is 7.22. The van der Waals surface area contributed by atoms with Gasteiger partial charge in [0.25, 0.3) is 0 Å². The van der Waals surface area contributed by atoms with Gasteiger partial charge in [0.15, 0.2) is 6.10 Å². The van der Waals surface area contributed by atoms with E-state index in [2.05, 4.69) is 5.92 Å². The summed E-state index contributed by atoms with van der Waals surface area (Å²) in [6.07, 6.45) is 4.79. The van der Waals surface area contributed by atoms with Gasteiger partial charge >= 0.3 is 5.97 Å². The van der Waals surface area contributed by atoms with Gasteiger partial charge in [0.05, 0.1) is 0 Å². The van der Waals surface area contributed by atoms with Gasteiger partial charge in [-0.2, -0.15) is 0 Å². The molecule has 3 heteroatoms. The maximum absolute atomic E-state index is 10.7. The Kier molecular flexibility index (Phi) is 4.79. The number of carbonyl (C=O) groups excluding carboxylic acids is 1. The van der Waals surface area contributed by atoms with Crippen LogP contribution < -0.4 is 0 Å². The van der Waals surface area contributed by atoms with Gasteiger partial charge in [0.1, 0.15) is 0 Å². The molecule has 0 bridgehead atoms. The highest BCUT2D eigenvalue weighted by Gasteiger charge is 2.08. The van der Waals surface area contributed by atoms with Crippen molar-refractivity contribution < 1.29 is 9.53 Å². The number of hydrogen-bond donors (Lipinski definition) is 0. The lowest BCUT2D eigenvalue weighted by molar-refractivity contribution is -0.142. The van der Waals surface area contributed by atoms with E-state index in [9.17, 15) is 4.79 Å². The average molecular weight is 220 g/mol. The van der Waals surface area contributed by atoms with Crippen LogP contribution in [0.1, 0.15) is 6.92 Å². The molecule has 1 atom stereocenters. The van der Waals surface area contributed by atoms with Gasteiger partial charge in [0.2, 0.25) is 0 Å². The van der Waals surface area contributed by atoms with E-state index in [0.717, 1.165) is 4.90 Å². The molecule has 78 valence electrons. The number of benzene rings is 1. The molecule has 0 spiro atoms. The smallest absolute Gasteiger partial charge is 0.303 e. The molecule has 0 radical (unpaired) electrons. The Morgan fingerprint density at radius 3 is 2.73 bits per heavy atom. The lowest BCUT2D eigenvalue weighted by Crippen LogP contribution is -2.16. The third kappa shape index (κ3) is 4.57. The molecule has 0 aliphatic heterocycles. The third-order valence-corrected chi connectivity index (χ3v) is 2.71.